The Balaban J connectivity index is 2.34. The summed E-state index contributed by atoms with van der Waals surface area (Å²) < 4.78 is 9.95. The normalized spacial score (nSPS) is 29.6. The Morgan fingerprint density at radius 3 is 2.71 bits per heavy atom. The Kier molecular flexibility index (Phi) is 3.32. The molecule has 1 aliphatic rings. The van der Waals surface area contributed by atoms with Crippen LogP contribution in [-0.2, 0) is 14.3 Å². The molecular formula is C11H18O3. The lowest BCUT2D eigenvalue weighted by Gasteiger charge is -2.02. The molecule has 0 N–H and O–H groups in total. The second-order valence-electron chi connectivity index (χ2n) is 4.15. The van der Waals surface area contributed by atoms with Gasteiger partial charge in [0.2, 0.25) is 0 Å². The minimum Gasteiger partial charge on any atom is -0.467 e. The maximum absolute atomic E-state index is 11.1. The highest BCUT2D eigenvalue weighted by molar-refractivity contribution is 5.79. The molecule has 0 amide bonds. The van der Waals surface area contributed by atoms with Crippen molar-refractivity contribution in [2.75, 3.05) is 7.11 Å². The van der Waals surface area contributed by atoms with Gasteiger partial charge in [-0.05, 0) is 33.6 Å². The lowest BCUT2D eigenvalue weighted by atomic mass is 10.0. The second-order valence-corrected chi connectivity index (χ2v) is 4.15. The summed E-state index contributed by atoms with van der Waals surface area (Å²) in [5, 5.41) is 0. The maximum atomic E-state index is 11.1. The van der Waals surface area contributed by atoms with E-state index in [1.54, 1.807) is 0 Å². The van der Waals surface area contributed by atoms with Crippen molar-refractivity contribution in [3.05, 3.63) is 11.6 Å². The highest BCUT2D eigenvalue weighted by Crippen LogP contribution is 2.41. The summed E-state index contributed by atoms with van der Waals surface area (Å²) in [6.45, 7) is 6.08. The Hall–Kier alpha value is -0.830. The quantitative estimate of drug-likeness (QED) is 0.394. The molecule has 0 saturated carbocycles. The number of allylic oxidation sites excluding steroid dienone is 2. The molecule has 80 valence electrons. The lowest BCUT2D eigenvalue weighted by molar-refractivity contribution is -0.142. The predicted molar refractivity (Wildman–Crippen MR) is 54.0 cm³/mol. The summed E-state index contributed by atoms with van der Waals surface area (Å²) in [4.78, 5) is 11.1. The number of esters is 1. The first-order valence-electron chi connectivity index (χ1n) is 4.88. The summed E-state index contributed by atoms with van der Waals surface area (Å²) in [7, 11) is 1.39. The Morgan fingerprint density at radius 1 is 1.57 bits per heavy atom. The van der Waals surface area contributed by atoms with E-state index in [0.717, 1.165) is 12.8 Å². The molecule has 1 heterocycles. The van der Waals surface area contributed by atoms with Crippen LogP contribution in [0.2, 0.25) is 0 Å². The highest BCUT2D eigenvalue weighted by atomic mass is 16.6. The molecule has 1 aliphatic heterocycles. The van der Waals surface area contributed by atoms with Crippen molar-refractivity contribution in [1.29, 1.82) is 0 Å². The van der Waals surface area contributed by atoms with E-state index < -0.39 is 0 Å². The Labute approximate surface area is 85.1 Å². The van der Waals surface area contributed by atoms with Gasteiger partial charge in [0.1, 0.15) is 5.60 Å². The minimum atomic E-state index is -0.349. The average Bonchev–Trinajstić information content (AvgIpc) is 2.76. The van der Waals surface area contributed by atoms with E-state index in [9.17, 15) is 4.79 Å². The molecule has 3 heteroatoms. The number of carbonyl (C=O) groups excluding carboxylic acids is 1. The van der Waals surface area contributed by atoms with Crippen LogP contribution in [0, 0.1) is 0 Å². The molecule has 1 saturated heterocycles. The van der Waals surface area contributed by atoms with Crippen LogP contribution in [0.1, 0.15) is 33.6 Å². The van der Waals surface area contributed by atoms with Crippen LogP contribution in [-0.4, -0.2) is 24.8 Å². The fourth-order valence-electron chi connectivity index (χ4n) is 1.48. The van der Waals surface area contributed by atoms with Crippen molar-refractivity contribution in [2.45, 2.75) is 45.3 Å². The van der Waals surface area contributed by atoms with Crippen LogP contribution in [0.5, 0.6) is 0 Å². The van der Waals surface area contributed by atoms with Gasteiger partial charge in [-0.1, -0.05) is 11.6 Å². The third kappa shape index (κ3) is 2.58. The van der Waals surface area contributed by atoms with E-state index in [2.05, 4.69) is 24.7 Å². The van der Waals surface area contributed by atoms with Gasteiger partial charge in [-0.15, -0.1) is 0 Å². The van der Waals surface area contributed by atoms with E-state index >= 15 is 0 Å². The SMILES string of the molecule is COC(=O)C1OC1(C)CCC=C(C)C. The molecule has 3 nitrogen and oxygen atoms in total. The first-order valence-corrected chi connectivity index (χ1v) is 4.88. The smallest absolute Gasteiger partial charge is 0.338 e. The summed E-state index contributed by atoms with van der Waals surface area (Å²) in [5.41, 5.74) is 1.00. The first-order chi connectivity index (χ1) is 6.49. The second kappa shape index (κ2) is 4.13. The molecule has 2 unspecified atom stereocenters. The number of carbonyl (C=O) groups is 1. The van der Waals surface area contributed by atoms with Gasteiger partial charge in [-0.25, -0.2) is 4.79 Å². The third-order valence-corrected chi connectivity index (χ3v) is 2.49. The topological polar surface area (TPSA) is 38.8 Å². The molecule has 1 rings (SSSR count). The minimum absolute atomic E-state index is 0.260. The van der Waals surface area contributed by atoms with E-state index in [-0.39, 0.29) is 17.7 Å². The van der Waals surface area contributed by atoms with E-state index in [0.29, 0.717) is 0 Å². The number of epoxide rings is 1. The zero-order valence-electron chi connectivity index (χ0n) is 9.29. The number of rotatable bonds is 4. The molecule has 0 aromatic rings. The van der Waals surface area contributed by atoms with E-state index in [1.807, 2.05) is 6.92 Å². The number of methoxy groups -OCH3 is 1. The van der Waals surface area contributed by atoms with Gasteiger partial charge in [-0.2, -0.15) is 0 Å². The molecular weight excluding hydrogens is 180 g/mol. The van der Waals surface area contributed by atoms with Gasteiger partial charge < -0.3 is 9.47 Å². The van der Waals surface area contributed by atoms with Gasteiger partial charge in [0, 0.05) is 0 Å². The third-order valence-electron chi connectivity index (χ3n) is 2.49. The number of ether oxygens (including phenoxy) is 2. The zero-order chi connectivity index (χ0) is 10.8. The number of hydrogen-bond acceptors (Lipinski definition) is 3. The van der Waals surface area contributed by atoms with Gasteiger partial charge in [0.05, 0.1) is 7.11 Å². The summed E-state index contributed by atoms with van der Waals surface area (Å²) >= 11 is 0. The molecule has 0 bridgehead atoms. The van der Waals surface area contributed by atoms with Gasteiger partial charge in [0.15, 0.2) is 6.10 Å². The van der Waals surface area contributed by atoms with Crippen molar-refractivity contribution >= 4 is 5.97 Å². The van der Waals surface area contributed by atoms with Crippen molar-refractivity contribution in [3.63, 3.8) is 0 Å². The Bertz CT molecular complexity index is 253. The summed E-state index contributed by atoms with van der Waals surface area (Å²) in [5.74, 6) is -0.260. The van der Waals surface area contributed by atoms with Crippen LogP contribution >= 0.6 is 0 Å². The van der Waals surface area contributed by atoms with E-state index in [4.69, 9.17) is 4.74 Å². The van der Waals surface area contributed by atoms with Crippen molar-refractivity contribution < 1.29 is 14.3 Å². The lowest BCUT2D eigenvalue weighted by Crippen LogP contribution is -2.18. The highest BCUT2D eigenvalue weighted by Gasteiger charge is 2.57. The molecule has 0 aromatic heterocycles. The average molecular weight is 198 g/mol. The van der Waals surface area contributed by atoms with Crippen molar-refractivity contribution in [2.24, 2.45) is 0 Å². The molecule has 0 aromatic carbocycles. The van der Waals surface area contributed by atoms with Gasteiger partial charge >= 0.3 is 5.97 Å². The molecule has 14 heavy (non-hydrogen) atoms. The largest absolute Gasteiger partial charge is 0.467 e. The fourth-order valence-corrected chi connectivity index (χ4v) is 1.48. The maximum Gasteiger partial charge on any atom is 0.338 e. The van der Waals surface area contributed by atoms with Gasteiger partial charge in [0.25, 0.3) is 0 Å². The van der Waals surface area contributed by atoms with Crippen LogP contribution in [0.4, 0.5) is 0 Å². The monoisotopic (exact) mass is 198 g/mol. The van der Waals surface area contributed by atoms with Crippen LogP contribution in [0.3, 0.4) is 0 Å². The summed E-state index contributed by atoms with van der Waals surface area (Å²) in [6, 6.07) is 0. The first kappa shape index (κ1) is 11.2. The van der Waals surface area contributed by atoms with Crippen LogP contribution < -0.4 is 0 Å². The molecule has 0 aliphatic carbocycles. The summed E-state index contributed by atoms with van der Waals surface area (Å²) in [6.07, 6.45) is 3.63. The molecule has 1 fully saturated rings. The van der Waals surface area contributed by atoms with Crippen LogP contribution in [0.15, 0.2) is 11.6 Å². The predicted octanol–water partition coefficient (Wildman–Crippen LogP) is 2.06. The van der Waals surface area contributed by atoms with Gasteiger partial charge in [-0.3, -0.25) is 0 Å². The zero-order valence-corrected chi connectivity index (χ0v) is 9.29. The van der Waals surface area contributed by atoms with Crippen LogP contribution in [0.25, 0.3) is 0 Å². The van der Waals surface area contributed by atoms with E-state index in [1.165, 1.54) is 12.7 Å². The molecule has 2 atom stereocenters. The number of hydrogen-bond donors (Lipinski definition) is 0. The molecule has 0 spiro atoms. The fraction of sp³-hybridized carbons (Fsp3) is 0.727. The van der Waals surface area contributed by atoms with Crippen molar-refractivity contribution in [3.8, 4) is 0 Å². The molecule has 0 radical (unpaired) electrons. The van der Waals surface area contributed by atoms with Crippen molar-refractivity contribution in [1.82, 2.24) is 0 Å². The Morgan fingerprint density at radius 2 is 2.21 bits per heavy atom. The standard InChI is InChI=1S/C11H18O3/c1-8(2)6-5-7-11(3)9(14-11)10(12)13-4/h6,9H,5,7H2,1-4H3.